The number of nitrogens with one attached hydrogen (secondary N) is 1. The molecule has 10 heteroatoms. The molecule has 1 aliphatic heterocycles. The summed E-state index contributed by atoms with van der Waals surface area (Å²) in [5.41, 5.74) is 5.55. The van der Waals surface area contributed by atoms with Gasteiger partial charge in [-0.2, -0.15) is 8.78 Å². The molecular formula is C21H21F2N3O5. The molecular weight excluding hydrogens is 412 g/mol. The van der Waals surface area contributed by atoms with E-state index in [4.69, 9.17) is 10.5 Å². The SMILES string of the molecule is NC(=O)C1CC(OC(F)F)CN1C(=O)CNC(=O)c1ccc(Oc2ccccc2)cc1. The minimum absolute atomic E-state index is 0.123. The summed E-state index contributed by atoms with van der Waals surface area (Å²) in [5.74, 6) is -0.787. The van der Waals surface area contributed by atoms with Crippen LogP contribution in [0.4, 0.5) is 8.78 Å². The molecule has 2 unspecified atom stereocenters. The molecule has 0 saturated carbocycles. The van der Waals surface area contributed by atoms with Crippen molar-refractivity contribution < 1.29 is 32.6 Å². The lowest BCUT2D eigenvalue weighted by atomic mass is 10.2. The molecule has 3 amide bonds. The number of para-hydroxylation sites is 1. The van der Waals surface area contributed by atoms with E-state index in [1.807, 2.05) is 18.2 Å². The number of carbonyl (C=O) groups excluding carboxylic acids is 3. The van der Waals surface area contributed by atoms with Gasteiger partial charge in [-0.15, -0.1) is 0 Å². The number of amides is 3. The molecule has 1 aliphatic rings. The molecule has 0 aliphatic carbocycles. The highest BCUT2D eigenvalue weighted by Gasteiger charge is 2.40. The second-order valence-corrected chi connectivity index (χ2v) is 6.84. The molecule has 1 heterocycles. The number of hydrogen-bond acceptors (Lipinski definition) is 5. The Kier molecular flexibility index (Phi) is 7.14. The second kappa shape index (κ2) is 9.98. The highest BCUT2D eigenvalue weighted by atomic mass is 19.3. The number of alkyl halides is 2. The third kappa shape index (κ3) is 5.98. The van der Waals surface area contributed by atoms with E-state index in [2.05, 4.69) is 10.1 Å². The van der Waals surface area contributed by atoms with Gasteiger partial charge in [-0.25, -0.2) is 0 Å². The Morgan fingerprint density at radius 1 is 1.06 bits per heavy atom. The van der Waals surface area contributed by atoms with Crippen LogP contribution >= 0.6 is 0 Å². The van der Waals surface area contributed by atoms with Gasteiger partial charge in [0.05, 0.1) is 12.6 Å². The number of likely N-dealkylation sites (tertiary alicyclic amines) is 1. The minimum Gasteiger partial charge on any atom is -0.457 e. The maximum Gasteiger partial charge on any atom is 0.345 e. The molecule has 0 spiro atoms. The van der Waals surface area contributed by atoms with Gasteiger partial charge in [0, 0.05) is 18.5 Å². The first-order valence-corrected chi connectivity index (χ1v) is 9.47. The molecule has 2 atom stereocenters. The molecule has 3 N–H and O–H groups in total. The Morgan fingerprint density at radius 3 is 2.32 bits per heavy atom. The first-order chi connectivity index (χ1) is 14.8. The number of primary amides is 1. The predicted molar refractivity (Wildman–Crippen MR) is 105 cm³/mol. The van der Waals surface area contributed by atoms with E-state index in [0.29, 0.717) is 17.1 Å². The summed E-state index contributed by atoms with van der Waals surface area (Å²) in [6.07, 6.45) is -1.13. The molecule has 31 heavy (non-hydrogen) atoms. The van der Waals surface area contributed by atoms with Gasteiger partial charge >= 0.3 is 6.61 Å². The van der Waals surface area contributed by atoms with Crippen molar-refractivity contribution in [1.29, 1.82) is 0 Å². The fraction of sp³-hybridized carbons (Fsp3) is 0.286. The van der Waals surface area contributed by atoms with E-state index in [-0.39, 0.29) is 13.0 Å². The van der Waals surface area contributed by atoms with Crippen molar-refractivity contribution in [2.75, 3.05) is 13.1 Å². The van der Waals surface area contributed by atoms with Gasteiger partial charge < -0.3 is 25.4 Å². The average molecular weight is 433 g/mol. The van der Waals surface area contributed by atoms with Crippen LogP contribution in [0.25, 0.3) is 0 Å². The maximum absolute atomic E-state index is 12.4. The Balaban J connectivity index is 1.54. The van der Waals surface area contributed by atoms with Crippen molar-refractivity contribution in [3.05, 3.63) is 60.2 Å². The minimum atomic E-state index is -3.03. The van der Waals surface area contributed by atoms with Gasteiger partial charge in [0.1, 0.15) is 17.5 Å². The normalized spacial score (nSPS) is 18.1. The van der Waals surface area contributed by atoms with Crippen LogP contribution in [0.1, 0.15) is 16.8 Å². The average Bonchev–Trinajstić information content (AvgIpc) is 3.16. The Labute approximate surface area is 176 Å². The summed E-state index contributed by atoms with van der Waals surface area (Å²) in [7, 11) is 0. The fourth-order valence-corrected chi connectivity index (χ4v) is 3.25. The molecule has 164 valence electrons. The largest absolute Gasteiger partial charge is 0.457 e. The molecule has 0 bridgehead atoms. The molecule has 2 aromatic carbocycles. The highest BCUT2D eigenvalue weighted by molar-refractivity contribution is 5.97. The lowest BCUT2D eigenvalue weighted by Gasteiger charge is -2.22. The van der Waals surface area contributed by atoms with E-state index >= 15 is 0 Å². The van der Waals surface area contributed by atoms with Crippen LogP contribution in [0.2, 0.25) is 0 Å². The summed E-state index contributed by atoms with van der Waals surface area (Å²) in [6.45, 7) is -3.66. The zero-order chi connectivity index (χ0) is 22.4. The number of nitrogens with zero attached hydrogens (tertiary/aromatic N) is 1. The quantitative estimate of drug-likeness (QED) is 0.661. The summed E-state index contributed by atoms with van der Waals surface area (Å²) in [6, 6.07) is 14.3. The van der Waals surface area contributed by atoms with Gasteiger partial charge in [-0.3, -0.25) is 14.4 Å². The summed E-state index contributed by atoms with van der Waals surface area (Å²) in [4.78, 5) is 37.4. The highest BCUT2D eigenvalue weighted by Crippen LogP contribution is 2.23. The third-order valence-corrected chi connectivity index (χ3v) is 4.70. The van der Waals surface area contributed by atoms with Crippen LogP contribution in [-0.4, -0.2) is 54.5 Å². The van der Waals surface area contributed by atoms with Gasteiger partial charge in [0.2, 0.25) is 11.8 Å². The topological polar surface area (TPSA) is 111 Å². The lowest BCUT2D eigenvalue weighted by molar-refractivity contribution is -0.160. The van der Waals surface area contributed by atoms with Crippen LogP contribution in [0.3, 0.4) is 0 Å². The number of rotatable bonds is 8. The van der Waals surface area contributed by atoms with E-state index in [1.165, 1.54) is 12.1 Å². The smallest absolute Gasteiger partial charge is 0.345 e. The van der Waals surface area contributed by atoms with E-state index in [0.717, 1.165) is 4.90 Å². The van der Waals surface area contributed by atoms with Crippen LogP contribution in [0.5, 0.6) is 11.5 Å². The summed E-state index contributed by atoms with van der Waals surface area (Å²) in [5, 5.41) is 2.45. The van der Waals surface area contributed by atoms with Crippen LogP contribution in [0, 0.1) is 0 Å². The van der Waals surface area contributed by atoms with Crippen LogP contribution in [0.15, 0.2) is 54.6 Å². The van der Waals surface area contributed by atoms with Crippen LogP contribution in [-0.2, 0) is 14.3 Å². The van der Waals surface area contributed by atoms with Crippen molar-refractivity contribution in [2.24, 2.45) is 5.73 Å². The standard InChI is InChI=1S/C21H21F2N3O5/c22-21(23)31-16-10-17(19(24)28)26(12-16)18(27)11-25-20(29)13-6-8-15(9-7-13)30-14-4-2-1-3-5-14/h1-9,16-17,21H,10-12H2,(H2,24,28)(H,25,29). The molecule has 8 nitrogen and oxygen atoms in total. The number of halogens is 2. The van der Waals surface area contributed by atoms with Crippen molar-refractivity contribution in [3.8, 4) is 11.5 Å². The number of hydrogen-bond donors (Lipinski definition) is 2. The Bertz CT molecular complexity index is 924. The fourth-order valence-electron chi connectivity index (χ4n) is 3.25. The Morgan fingerprint density at radius 2 is 1.71 bits per heavy atom. The maximum atomic E-state index is 12.4. The molecule has 1 saturated heterocycles. The van der Waals surface area contributed by atoms with E-state index in [1.54, 1.807) is 24.3 Å². The third-order valence-electron chi connectivity index (χ3n) is 4.70. The molecule has 0 radical (unpaired) electrons. The Hall–Kier alpha value is -3.53. The van der Waals surface area contributed by atoms with E-state index < -0.39 is 43.0 Å². The van der Waals surface area contributed by atoms with Gasteiger partial charge in [0.25, 0.3) is 5.91 Å². The van der Waals surface area contributed by atoms with Crippen molar-refractivity contribution >= 4 is 17.7 Å². The number of benzene rings is 2. The first kappa shape index (κ1) is 22.2. The molecule has 2 aromatic rings. The monoisotopic (exact) mass is 433 g/mol. The van der Waals surface area contributed by atoms with Crippen LogP contribution < -0.4 is 15.8 Å². The van der Waals surface area contributed by atoms with Gasteiger partial charge in [-0.1, -0.05) is 18.2 Å². The summed E-state index contributed by atoms with van der Waals surface area (Å²) >= 11 is 0. The predicted octanol–water partition coefficient (Wildman–Crippen LogP) is 1.90. The second-order valence-electron chi connectivity index (χ2n) is 6.84. The number of nitrogens with two attached hydrogens (primary N) is 1. The zero-order valence-electron chi connectivity index (χ0n) is 16.4. The molecule has 0 aromatic heterocycles. The molecule has 1 fully saturated rings. The van der Waals surface area contributed by atoms with Crippen molar-refractivity contribution in [3.63, 3.8) is 0 Å². The van der Waals surface area contributed by atoms with Gasteiger partial charge in [-0.05, 0) is 36.4 Å². The number of carbonyl (C=O) groups is 3. The summed E-state index contributed by atoms with van der Waals surface area (Å²) < 4.78 is 34.9. The first-order valence-electron chi connectivity index (χ1n) is 9.47. The zero-order valence-corrected chi connectivity index (χ0v) is 16.4. The molecule has 3 rings (SSSR count). The van der Waals surface area contributed by atoms with Crippen molar-refractivity contribution in [1.82, 2.24) is 10.2 Å². The number of ether oxygens (including phenoxy) is 2. The van der Waals surface area contributed by atoms with Crippen molar-refractivity contribution in [2.45, 2.75) is 25.2 Å². The van der Waals surface area contributed by atoms with Gasteiger partial charge in [0.15, 0.2) is 0 Å². The van der Waals surface area contributed by atoms with E-state index in [9.17, 15) is 23.2 Å². The lowest BCUT2D eigenvalue weighted by Crippen LogP contribution is -2.47.